The molecule has 3 rings (SSSR count). The number of alkyl halides is 2. The molecule has 142 valence electrons. The Morgan fingerprint density at radius 2 is 1.85 bits per heavy atom. The van der Waals surface area contributed by atoms with E-state index >= 15 is 0 Å². The van der Waals surface area contributed by atoms with Crippen molar-refractivity contribution < 1.29 is 28.2 Å². The highest BCUT2D eigenvalue weighted by Crippen LogP contribution is 2.29. The van der Waals surface area contributed by atoms with Crippen LogP contribution in [-0.4, -0.2) is 48.1 Å². The average molecular weight is 376 g/mol. The number of benzene rings is 2. The van der Waals surface area contributed by atoms with Gasteiger partial charge in [-0.25, -0.2) is 13.6 Å². The number of carbonyl (C=O) groups is 2. The van der Waals surface area contributed by atoms with Crippen LogP contribution in [0.3, 0.4) is 0 Å². The molecule has 0 aromatic heterocycles. The van der Waals surface area contributed by atoms with Crippen molar-refractivity contribution in [3.05, 3.63) is 53.6 Å². The summed E-state index contributed by atoms with van der Waals surface area (Å²) >= 11 is 0. The van der Waals surface area contributed by atoms with E-state index in [0.29, 0.717) is 18.9 Å². The van der Waals surface area contributed by atoms with E-state index in [-0.39, 0.29) is 12.1 Å². The molecule has 2 amide bonds. The predicted molar refractivity (Wildman–Crippen MR) is 94.1 cm³/mol. The number of hydrogen-bond donors (Lipinski definition) is 2. The van der Waals surface area contributed by atoms with Gasteiger partial charge in [0.05, 0.1) is 19.6 Å². The van der Waals surface area contributed by atoms with Crippen molar-refractivity contribution in [3.8, 4) is 16.9 Å². The highest BCUT2D eigenvalue weighted by atomic mass is 19.3. The Morgan fingerprint density at radius 3 is 2.52 bits per heavy atom. The number of fused-ring (bicyclic) bond motifs is 1. The van der Waals surface area contributed by atoms with Gasteiger partial charge in [-0.05, 0) is 35.4 Å². The molecule has 1 aliphatic heterocycles. The molecule has 2 aromatic rings. The standard InChI is InChI=1S/C19H18F2N2O4/c20-17(21)10-22-18(24)13-3-1-12(2-4-13)14-5-6-16-15(9-14)11-23(19(25)26)7-8-27-16/h1-6,9,17H,7-8,10-11H2,(H,22,24)(H,25,26). The third-order valence-electron chi connectivity index (χ3n) is 4.21. The zero-order valence-electron chi connectivity index (χ0n) is 14.3. The van der Waals surface area contributed by atoms with Crippen LogP contribution < -0.4 is 10.1 Å². The highest BCUT2D eigenvalue weighted by Gasteiger charge is 2.19. The van der Waals surface area contributed by atoms with Gasteiger partial charge in [0.15, 0.2) is 0 Å². The molecule has 6 nitrogen and oxygen atoms in total. The Morgan fingerprint density at radius 1 is 1.15 bits per heavy atom. The molecule has 0 radical (unpaired) electrons. The van der Waals surface area contributed by atoms with E-state index in [9.17, 15) is 23.5 Å². The zero-order valence-corrected chi connectivity index (χ0v) is 14.3. The fourth-order valence-electron chi connectivity index (χ4n) is 2.82. The summed E-state index contributed by atoms with van der Waals surface area (Å²) in [4.78, 5) is 24.3. The third kappa shape index (κ3) is 4.52. The lowest BCUT2D eigenvalue weighted by Crippen LogP contribution is -2.30. The van der Waals surface area contributed by atoms with Gasteiger partial charge in [0, 0.05) is 11.1 Å². The van der Waals surface area contributed by atoms with Crippen LogP contribution in [0.15, 0.2) is 42.5 Å². The van der Waals surface area contributed by atoms with Crippen LogP contribution in [0.2, 0.25) is 0 Å². The van der Waals surface area contributed by atoms with Crippen molar-refractivity contribution in [3.63, 3.8) is 0 Å². The lowest BCUT2D eigenvalue weighted by atomic mass is 10.0. The Bertz CT molecular complexity index is 840. The molecule has 0 bridgehead atoms. The minimum atomic E-state index is -2.60. The summed E-state index contributed by atoms with van der Waals surface area (Å²) in [6.07, 6.45) is -3.60. The van der Waals surface area contributed by atoms with Crippen molar-refractivity contribution in [2.24, 2.45) is 0 Å². The van der Waals surface area contributed by atoms with Gasteiger partial charge in [-0.15, -0.1) is 0 Å². The van der Waals surface area contributed by atoms with Crippen molar-refractivity contribution in [2.45, 2.75) is 13.0 Å². The van der Waals surface area contributed by atoms with E-state index in [0.717, 1.165) is 16.7 Å². The van der Waals surface area contributed by atoms with Crippen molar-refractivity contribution >= 4 is 12.0 Å². The predicted octanol–water partition coefficient (Wildman–Crippen LogP) is 3.22. The third-order valence-corrected chi connectivity index (χ3v) is 4.21. The van der Waals surface area contributed by atoms with E-state index in [1.807, 2.05) is 12.1 Å². The first-order chi connectivity index (χ1) is 12.9. The van der Waals surface area contributed by atoms with Crippen LogP contribution in [0.1, 0.15) is 15.9 Å². The Labute approximate surface area is 154 Å². The van der Waals surface area contributed by atoms with Crippen LogP contribution >= 0.6 is 0 Å². The molecule has 8 heteroatoms. The van der Waals surface area contributed by atoms with Gasteiger partial charge in [-0.2, -0.15) is 0 Å². The van der Waals surface area contributed by atoms with Crippen LogP contribution in [0.25, 0.3) is 11.1 Å². The molecular formula is C19H18F2N2O4. The number of hydrogen-bond acceptors (Lipinski definition) is 3. The zero-order chi connectivity index (χ0) is 19.4. The van der Waals surface area contributed by atoms with Gasteiger partial charge in [0.25, 0.3) is 12.3 Å². The molecule has 27 heavy (non-hydrogen) atoms. The number of nitrogens with zero attached hydrogens (tertiary/aromatic N) is 1. The largest absolute Gasteiger partial charge is 0.491 e. The Kier molecular flexibility index (Phi) is 5.54. The second kappa shape index (κ2) is 8.03. The summed E-state index contributed by atoms with van der Waals surface area (Å²) in [6.45, 7) is 0.126. The van der Waals surface area contributed by atoms with Crippen LogP contribution in [0.5, 0.6) is 5.75 Å². The van der Waals surface area contributed by atoms with Gasteiger partial charge < -0.3 is 20.1 Å². The van der Waals surface area contributed by atoms with Crippen molar-refractivity contribution in [1.29, 1.82) is 0 Å². The highest BCUT2D eigenvalue weighted by molar-refractivity contribution is 5.94. The Hall–Kier alpha value is -3.16. The number of carboxylic acid groups (broad SMARTS) is 1. The van der Waals surface area contributed by atoms with Crippen molar-refractivity contribution in [2.75, 3.05) is 19.7 Å². The molecule has 1 heterocycles. The fraction of sp³-hybridized carbons (Fsp3) is 0.263. The molecule has 1 aliphatic rings. The first-order valence-electron chi connectivity index (χ1n) is 8.34. The van der Waals surface area contributed by atoms with Gasteiger partial charge in [0.1, 0.15) is 12.4 Å². The van der Waals surface area contributed by atoms with E-state index in [2.05, 4.69) is 5.32 Å². The van der Waals surface area contributed by atoms with Gasteiger partial charge in [-0.3, -0.25) is 4.79 Å². The summed E-state index contributed by atoms with van der Waals surface area (Å²) in [6, 6.07) is 12.0. The minimum absolute atomic E-state index is 0.229. The van der Waals surface area contributed by atoms with E-state index < -0.39 is 25.0 Å². The number of halogens is 2. The first-order valence-corrected chi connectivity index (χ1v) is 8.34. The molecule has 0 saturated carbocycles. The number of carbonyl (C=O) groups excluding carboxylic acids is 1. The number of amides is 2. The number of ether oxygens (including phenoxy) is 1. The average Bonchev–Trinajstić information content (AvgIpc) is 2.88. The monoisotopic (exact) mass is 376 g/mol. The quantitative estimate of drug-likeness (QED) is 0.859. The maximum atomic E-state index is 12.2. The van der Waals surface area contributed by atoms with Crippen LogP contribution in [0.4, 0.5) is 13.6 Å². The molecule has 0 spiro atoms. The smallest absolute Gasteiger partial charge is 0.407 e. The fourth-order valence-corrected chi connectivity index (χ4v) is 2.82. The number of rotatable bonds is 4. The summed E-state index contributed by atoms with van der Waals surface area (Å²) < 4.78 is 29.9. The first kappa shape index (κ1) is 18.6. The van der Waals surface area contributed by atoms with Crippen LogP contribution in [0, 0.1) is 0 Å². The van der Waals surface area contributed by atoms with E-state index in [4.69, 9.17) is 4.74 Å². The van der Waals surface area contributed by atoms with Gasteiger partial charge in [-0.1, -0.05) is 18.2 Å². The molecule has 0 aliphatic carbocycles. The summed E-state index contributed by atoms with van der Waals surface area (Å²) in [5, 5.41) is 11.4. The molecule has 0 fully saturated rings. The van der Waals surface area contributed by atoms with Gasteiger partial charge in [0.2, 0.25) is 0 Å². The number of nitrogens with one attached hydrogen (secondary N) is 1. The maximum Gasteiger partial charge on any atom is 0.407 e. The molecule has 0 atom stereocenters. The normalized spacial score (nSPS) is 13.5. The molecule has 0 saturated heterocycles. The topological polar surface area (TPSA) is 78.9 Å². The van der Waals surface area contributed by atoms with Gasteiger partial charge >= 0.3 is 6.09 Å². The molecular weight excluding hydrogens is 358 g/mol. The second-order valence-corrected chi connectivity index (χ2v) is 6.05. The minimum Gasteiger partial charge on any atom is -0.491 e. The lowest BCUT2D eigenvalue weighted by molar-refractivity contribution is 0.0891. The van der Waals surface area contributed by atoms with E-state index in [1.165, 1.54) is 4.90 Å². The summed E-state index contributed by atoms with van der Waals surface area (Å²) in [7, 11) is 0. The molecule has 2 N–H and O–H groups in total. The van der Waals surface area contributed by atoms with E-state index in [1.54, 1.807) is 30.3 Å². The van der Waals surface area contributed by atoms with Crippen molar-refractivity contribution in [1.82, 2.24) is 10.2 Å². The molecule has 0 unspecified atom stereocenters. The molecule has 2 aromatic carbocycles. The summed E-state index contributed by atoms with van der Waals surface area (Å²) in [5.74, 6) is 0.0831. The SMILES string of the molecule is O=C(NCC(F)F)c1ccc(-c2ccc3c(c2)CN(C(=O)O)CCO3)cc1. The lowest BCUT2D eigenvalue weighted by Gasteiger charge is -2.15. The summed E-state index contributed by atoms with van der Waals surface area (Å²) in [5.41, 5.74) is 2.69. The Balaban J connectivity index is 1.79. The second-order valence-electron chi connectivity index (χ2n) is 6.05. The maximum absolute atomic E-state index is 12.2. The van der Waals surface area contributed by atoms with Crippen LogP contribution in [-0.2, 0) is 6.54 Å².